The summed E-state index contributed by atoms with van der Waals surface area (Å²) in [5.41, 5.74) is 3.94. The van der Waals surface area contributed by atoms with Crippen molar-refractivity contribution >= 4 is 28.9 Å². The molecular formula is C27H26Cl2N2O3. The zero-order valence-corrected chi connectivity index (χ0v) is 20.6. The lowest BCUT2D eigenvalue weighted by molar-refractivity contribution is -0.0189. The minimum atomic E-state index is -0.420. The molecule has 7 heteroatoms. The second-order valence-electron chi connectivity index (χ2n) is 8.42. The summed E-state index contributed by atoms with van der Waals surface area (Å²) in [5.74, 6) is 2.32. The molecule has 0 bridgehead atoms. The Bertz CT molecular complexity index is 1200. The maximum absolute atomic E-state index is 6.57. The summed E-state index contributed by atoms with van der Waals surface area (Å²) in [5, 5.41) is 8.10. The van der Waals surface area contributed by atoms with Crippen LogP contribution in [0.2, 0.25) is 10.0 Å². The minimum absolute atomic E-state index is 0.0393. The molecule has 5 rings (SSSR count). The van der Waals surface area contributed by atoms with Crippen LogP contribution in [0.3, 0.4) is 0 Å². The number of hydrazone groups is 1. The van der Waals surface area contributed by atoms with E-state index in [1.165, 1.54) is 0 Å². The molecule has 3 aromatic carbocycles. The van der Waals surface area contributed by atoms with Crippen molar-refractivity contribution in [3.05, 3.63) is 87.4 Å². The van der Waals surface area contributed by atoms with Crippen LogP contribution in [-0.4, -0.2) is 24.4 Å². The highest BCUT2D eigenvalue weighted by Gasteiger charge is 2.42. The third kappa shape index (κ3) is 4.42. The van der Waals surface area contributed by atoms with Crippen LogP contribution in [0.25, 0.3) is 0 Å². The summed E-state index contributed by atoms with van der Waals surface area (Å²) in [6, 6.07) is 19.6. The van der Waals surface area contributed by atoms with Crippen molar-refractivity contribution in [3.63, 3.8) is 0 Å². The van der Waals surface area contributed by atoms with E-state index in [0.29, 0.717) is 28.8 Å². The van der Waals surface area contributed by atoms with Gasteiger partial charge in [0.25, 0.3) is 0 Å². The Kier molecular flexibility index (Phi) is 6.57. The van der Waals surface area contributed by atoms with Crippen LogP contribution in [0.1, 0.15) is 55.1 Å². The standard InChI is InChI=1S/C27H26Cl2N2O3/c1-3-4-13-33-21-11-7-18(8-12-21)27-31-25(22-14-19(28)15-23(29)26(22)34-27)16-24(30-31)17-5-9-20(32-2)10-6-17/h5-12,14-15,25,27H,3-4,13,16H2,1-2H3/t25-,27-/m0/s1. The molecule has 5 nitrogen and oxygen atoms in total. The van der Waals surface area contributed by atoms with E-state index in [9.17, 15) is 0 Å². The molecule has 0 fully saturated rings. The normalized spacial score (nSPS) is 18.6. The zero-order valence-electron chi connectivity index (χ0n) is 19.1. The number of halogens is 2. The Hall–Kier alpha value is -2.89. The first-order chi connectivity index (χ1) is 16.6. The van der Waals surface area contributed by atoms with Gasteiger partial charge in [-0.2, -0.15) is 5.10 Å². The van der Waals surface area contributed by atoms with E-state index in [0.717, 1.165) is 46.7 Å². The summed E-state index contributed by atoms with van der Waals surface area (Å²) in [7, 11) is 1.66. The van der Waals surface area contributed by atoms with Gasteiger partial charge in [-0.15, -0.1) is 0 Å². The largest absolute Gasteiger partial charge is 0.497 e. The molecule has 0 spiro atoms. The van der Waals surface area contributed by atoms with Crippen molar-refractivity contribution in [3.8, 4) is 17.2 Å². The molecule has 3 aromatic rings. The fourth-order valence-corrected chi connectivity index (χ4v) is 4.91. The molecule has 2 aliphatic heterocycles. The summed E-state index contributed by atoms with van der Waals surface area (Å²) >= 11 is 12.9. The van der Waals surface area contributed by atoms with Gasteiger partial charge in [0.2, 0.25) is 6.23 Å². The van der Waals surface area contributed by atoms with Crippen LogP contribution in [0.5, 0.6) is 17.2 Å². The third-order valence-corrected chi connectivity index (χ3v) is 6.66. The molecule has 2 heterocycles. The highest BCUT2D eigenvalue weighted by Crippen LogP contribution is 2.50. The Morgan fingerprint density at radius 1 is 1.03 bits per heavy atom. The number of nitrogens with zero attached hydrogens (tertiary/aromatic N) is 2. The monoisotopic (exact) mass is 496 g/mol. The van der Waals surface area contributed by atoms with Crippen molar-refractivity contribution in [2.45, 2.75) is 38.5 Å². The average molecular weight is 497 g/mol. The SMILES string of the molecule is CCCCOc1ccc([C@@H]2Oc3c(Cl)cc(Cl)cc3[C@@H]3CC(c4ccc(OC)cc4)=NN32)cc1. The van der Waals surface area contributed by atoms with Gasteiger partial charge in [0, 0.05) is 22.6 Å². The minimum Gasteiger partial charge on any atom is -0.497 e. The predicted molar refractivity (Wildman–Crippen MR) is 135 cm³/mol. The van der Waals surface area contributed by atoms with E-state index in [1.807, 2.05) is 59.6 Å². The van der Waals surface area contributed by atoms with Gasteiger partial charge >= 0.3 is 0 Å². The number of hydrogen-bond acceptors (Lipinski definition) is 5. The average Bonchev–Trinajstić information content (AvgIpc) is 3.30. The number of fused-ring (bicyclic) bond motifs is 3. The smallest absolute Gasteiger partial charge is 0.213 e. The van der Waals surface area contributed by atoms with E-state index in [2.05, 4.69) is 6.92 Å². The molecule has 176 valence electrons. The Morgan fingerprint density at radius 3 is 2.47 bits per heavy atom. The van der Waals surface area contributed by atoms with E-state index in [4.69, 9.17) is 42.5 Å². The highest BCUT2D eigenvalue weighted by molar-refractivity contribution is 6.35. The summed E-state index contributed by atoms with van der Waals surface area (Å²) in [6.45, 7) is 2.86. The lowest BCUT2D eigenvalue weighted by Crippen LogP contribution is -2.33. The van der Waals surface area contributed by atoms with Gasteiger partial charge in [0.15, 0.2) is 0 Å². The topological polar surface area (TPSA) is 43.3 Å². The van der Waals surface area contributed by atoms with Gasteiger partial charge in [0.1, 0.15) is 17.2 Å². The van der Waals surface area contributed by atoms with Crippen LogP contribution in [0.4, 0.5) is 0 Å². The summed E-state index contributed by atoms with van der Waals surface area (Å²) < 4.78 is 17.6. The molecule has 0 aliphatic carbocycles. The number of benzene rings is 3. The Morgan fingerprint density at radius 2 is 1.76 bits per heavy atom. The molecule has 0 saturated heterocycles. The molecule has 0 unspecified atom stereocenters. The third-order valence-electron chi connectivity index (χ3n) is 6.16. The number of rotatable bonds is 7. The molecule has 0 aromatic heterocycles. The molecule has 0 N–H and O–H groups in total. The zero-order chi connectivity index (χ0) is 23.7. The van der Waals surface area contributed by atoms with Crippen molar-refractivity contribution in [1.82, 2.24) is 5.01 Å². The first kappa shape index (κ1) is 22.9. The van der Waals surface area contributed by atoms with E-state index in [-0.39, 0.29) is 6.04 Å². The maximum Gasteiger partial charge on any atom is 0.213 e. The van der Waals surface area contributed by atoms with Crippen LogP contribution in [0.15, 0.2) is 65.8 Å². The van der Waals surface area contributed by atoms with Crippen molar-refractivity contribution in [1.29, 1.82) is 0 Å². The van der Waals surface area contributed by atoms with Gasteiger partial charge in [0.05, 0.1) is 30.5 Å². The van der Waals surface area contributed by atoms with Crippen molar-refractivity contribution in [2.75, 3.05) is 13.7 Å². The number of unbranched alkanes of at least 4 members (excludes halogenated alkanes) is 1. The Labute approximate surface area is 209 Å². The van der Waals surface area contributed by atoms with Gasteiger partial charge < -0.3 is 14.2 Å². The van der Waals surface area contributed by atoms with Gasteiger partial charge in [-0.3, -0.25) is 0 Å². The number of methoxy groups -OCH3 is 1. The summed E-state index contributed by atoms with van der Waals surface area (Å²) in [4.78, 5) is 0. The van der Waals surface area contributed by atoms with Crippen LogP contribution in [0, 0.1) is 0 Å². The van der Waals surface area contributed by atoms with Crippen LogP contribution < -0.4 is 14.2 Å². The van der Waals surface area contributed by atoms with E-state index >= 15 is 0 Å². The molecule has 34 heavy (non-hydrogen) atoms. The molecule has 0 radical (unpaired) electrons. The second-order valence-corrected chi connectivity index (χ2v) is 9.27. The quantitative estimate of drug-likeness (QED) is 0.319. The van der Waals surface area contributed by atoms with Crippen LogP contribution in [-0.2, 0) is 0 Å². The molecular weight excluding hydrogens is 471 g/mol. The van der Waals surface area contributed by atoms with E-state index in [1.54, 1.807) is 13.2 Å². The summed E-state index contributed by atoms with van der Waals surface area (Å²) in [6.07, 6.45) is 2.43. The van der Waals surface area contributed by atoms with Gasteiger partial charge in [-0.1, -0.05) is 36.5 Å². The molecule has 0 saturated carbocycles. The number of hydrogen-bond donors (Lipinski definition) is 0. The first-order valence-corrected chi connectivity index (χ1v) is 12.2. The fourth-order valence-electron chi connectivity index (χ4n) is 4.36. The lowest BCUT2D eigenvalue weighted by atomic mass is 9.96. The molecule has 0 amide bonds. The molecule has 2 aliphatic rings. The van der Waals surface area contributed by atoms with Crippen LogP contribution >= 0.6 is 23.2 Å². The number of ether oxygens (including phenoxy) is 3. The maximum atomic E-state index is 6.57. The van der Waals surface area contributed by atoms with Gasteiger partial charge in [-0.25, -0.2) is 5.01 Å². The second kappa shape index (κ2) is 9.77. The highest BCUT2D eigenvalue weighted by atomic mass is 35.5. The van der Waals surface area contributed by atoms with Crippen molar-refractivity contribution in [2.24, 2.45) is 5.10 Å². The van der Waals surface area contributed by atoms with Crippen molar-refractivity contribution < 1.29 is 14.2 Å². The van der Waals surface area contributed by atoms with E-state index < -0.39 is 6.23 Å². The Balaban J connectivity index is 1.50. The fraction of sp³-hybridized carbons (Fsp3) is 0.296. The first-order valence-electron chi connectivity index (χ1n) is 11.5. The van der Waals surface area contributed by atoms with Gasteiger partial charge in [-0.05, 0) is 72.6 Å². The predicted octanol–water partition coefficient (Wildman–Crippen LogP) is 7.42. The molecule has 2 atom stereocenters. The lowest BCUT2D eigenvalue weighted by Gasteiger charge is -2.38.